The van der Waals surface area contributed by atoms with Crippen LogP contribution in [0.1, 0.15) is 116 Å². The molecule has 0 aromatic heterocycles. The van der Waals surface area contributed by atoms with Crippen LogP contribution in [0.5, 0.6) is 0 Å². The average molecular weight is 444 g/mol. The topological polar surface area (TPSA) is 46.6 Å². The highest BCUT2D eigenvalue weighted by Gasteiger charge is 2.27. The Bertz CT molecular complexity index is 436. The fourth-order valence-corrected chi connectivity index (χ4v) is 4.35. The first-order chi connectivity index (χ1) is 14.7. The van der Waals surface area contributed by atoms with Gasteiger partial charge in [0, 0.05) is 25.4 Å². The van der Waals surface area contributed by atoms with Crippen LogP contribution in [0.4, 0.5) is 0 Å². The summed E-state index contributed by atoms with van der Waals surface area (Å²) >= 11 is 5.63. The number of ether oxygens (including phenoxy) is 1. The third-order valence-corrected chi connectivity index (χ3v) is 6.42. The van der Waals surface area contributed by atoms with Crippen LogP contribution in [0.3, 0.4) is 0 Å². The number of nitrogens with zero attached hydrogens (tertiary/aromatic N) is 1. The molecular formula is C25H46ClNO3. The van der Waals surface area contributed by atoms with Crippen molar-refractivity contribution < 1.29 is 14.3 Å². The third-order valence-electron chi connectivity index (χ3n) is 6.23. The second kappa shape index (κ2) is 19.0. The van der Waals surface area contributed by atoms with Gasteiger partial charge in [0.05, 0.1) is 12.5 Å². The minimum atomic E-state index is -0.0749. The van der Waals surface area contributed by atoms with Crippen LogP contribution in [0, 0.1) is 5.92 Å². The number of unbranched alkanes of at least 4 members (excludes halogenated alkanes) is 13. The zero-order chi connectivity index (χ0) is 21.9. The maximum absolute atomic E-state index is 12.2. The Hall–Kier alpha value is -0.770. The summed E-state index contributed by atoms with van der Waals surface area (Å²) < 4.78 is 5.47. The second-order valence-corrected chi connectivity index (χ2v) is 9.24. The molecule has 0 atom stereocenters. The number of alkyl halides is 1. The van der Waals surface area contributed by atoms with E-state index in [0.717, 1.165) is 12.8 Å². The number of hydrogen-bond acceptors (Lipinski definition) is 3. The Labute approximate surface area is 190 Å². The Morgan fingerprint density at radius 3 is 1.73 bits per heavy atom. The fourth-order valence-electron chi connectivity index (χ4n) is 4.19. The first-order valence-corrected chi connectivity index (χ1v) is 13.2. The molecule has 0 saturated carbocycles. The molecule has 4 nitrogen and oxygen atoms in total. The predicted molar refractivity (Wildman–Crippen MR) is 126 cm³/mol. The van der Waals surface area contributed by atoms with Gasteiger partial charge >= 0.3 is 5.97 Å². The van der Waals surface area contributed by atoms with Crippen molar-refractivity contribution in [2.75, 3.05) is 25.6 Å². The van der Waals surface area contributed by atoms with Gasteiger partial charge in [0.2, 0.25) is 5.91 Å². The predicted octanol–water partition coefficient (Wildman–Crippen LogP) is 6.88. The summed E-state index contributed by atoms with van der Waals surface area (Å²) in [6, 6.07) is 0. The quantitative estimate of drug-likeness (QED) is 0.132. The fraction of sp³-hybridized carbons (Fsp3) is 0.920. The number of piperidine rings is 1. The molecule has 0 aliphatic carbocycles. The molecule has 1 amide bonds. The van der Waals surface area contributed by atoms with Crippen LogP contribution in [-0.2, 0) is 14.3 Å². The molecule has 0 aromatic carbocycles. The van der Waals surface area contributed by atoms with Crippen LogP contribution in [-0.4, -0.2) is 42.4 Å². The van der Waals surface area contributed by atoms with Gasteiger partial charge in [0.15, 0.2) is 0 Å². The van der Waals surface area contributed by atoms with Crippen LogP contribution in [0.2, 0.25) is 0 Å². The molecule has 0 radical (unpaired) electrons. The minimum absolute atomic E-state index is 0.0447. The summed E-state index contributed by atoms with van der Waals surface area (Å²) in [4.78, 5) is 25.8. The van der Waals surface area contributed by atoms with Crippen LogP contribution < -0.4 is 0 Å². The van der Waals surface area contributed by atoms with Gasteiger partial charge in [-0.05, 0) is 19.3 Å². The molecular weight excluding hydrogens is 398 g/mol. The lowest BCUT2D eigenvalue weighted by atomic mass is 9.97. The molecule has 1 aliphatic rings. The highest BCUT2D eigenvalue weighted by molar-refractivity contribution is 6.18. The van der Waals surface area contributed by atoms with E-state index in [4.69, 9.17) is 16.3 Å². The lowest BCUT2D eigenvalue weighted by molar-refractivity contribution is -0.151. The van der Waals surface area contributed by atoms with E-state index in [1.54, 1.807) is 0 Å². The largest absolute Gasteiger partial charge is 0.465 e. The molecule has 1 aliphatic heterocycles. The van der Waals surface area contributed by atoms with Gasteiger partial charge in [-0.2, -0.15) is 0 Å². The first-order valence-electron chi connectivity index (χ1n) is 12.7. The van der Waals surface area contributed by atoms with Gasteiger partial charge < -0.3 is 9.64 Å². The Balaban J connectivity index is 1.86. The molecule has 1 fully saturated rings. The zero-order valence-corrected chi connectivity index (χ0v) is 20.2. The Kier molecular flexibility index (Phi) is 17.2. The van der Waals surface area contributed by atoms with E-state index >= 15 is 0 Å². The van der Waals surface area contributed by atoms with Crippen molar-refractivity contribution in [3.63, 3.8) is 0 Å². The van der Waals surface area contributed by atoms with Crippen molar-refractivity contribution in [3.05, 3.63) is 0 Å². The Morgan fingerprint density at radius 2 is 1.27 bits per heavy atom. The van der Waals surface area contributed by atoms with E-state index in [9.17, 15) is 9.59 Å². The number of hydrogen-bond donors (Lipinski definition) is 0. The molecule has 1 rings (SSSR count). The van der Waals surface area contributed by atoms with Crippen molar-refractivity contribution in [2.24, 2.45) is 5.92 Å². The summed E-state index contributed by atoms with van der Waals surface area (Å²) in [6.07, 6.45) is 20.4. The van der Waals surface area contributed by atoms with Gasteiger partial charge in [-0.15, -0.1) is 11.6 Å². The highest BCUT2D eigenvalue weighted by Crippen LogP contribution is 2.20. The van der Waals surface area contributed by atoms with Crippen molar-refractivity contribution in [1.29, 1.82) is 0 Å². The van der Waals surface area contributed by atoms with Crippen molar-refractivity contribution in [3.8, 4) is 0 Å². The van der Waals surface area contributed by atoms with Crippen molar-refractivity contribution >= 4 is 23.5 Å². The van der Waals surface area contributed by atoms with Gasteiger partial charge in [-0.25, -0.2) is 0 Å². The SMILES string of the molecule is CCCCCCCCCCCCCCCCOC(=O)C1CCN(C(=O)CCCl)CC1. The minimum Gasteiger partial charge on any atom is -0.465 e. The van der Waals surface area contributed by atoms with Gasteiger partial charge in [-0.1, -0.05) is 90.4 Å². The summed E-state index contributed by atoms with van der Waals surface area (Å²) in [7, 11) is 0. The summed E-state index contributed by atoms with van der Waals surface area (Å²) in [6.45, 7) is 4.11. The standard InChI is InChI=1S/C25H46ClNO3/c1-2-3-4-5-6-7-8-9-10-11-12-13-14-15-22-30-25(29)23-17-20-27(21-18-23)24(28)16-19-26/h23H,2-22H2,1H3. The number of halogens is 1. The molecule has 1 saturated heterocycles. The summed E-state index contributed by atoms with van der Waals surface area (Å²) in [5.41, 5.74) is 0. The molecule has 0 unspecified atom stereocenters. The smallest absolute Gasteiger partial charge is 0.309 e. The molecule has 0 bridgehead atoms. The third kappa shape index (κ3) is 13.5. The molecule has 1 heterocycles. The van der Waals surface area contributed by atoms with Crippen LogP contribution in [0.15, 0.2) is 0 Å². The highest BCUT2D eigenvalue weighted by atomic mass is 35.5. The normalized spacial score (nSPS) is 14.8. The first kappa shape index (κ1) is 27.3. The van der Waals surface area contributed by atoms with Crippen molar-refractivity contribution in [2.45, 2.75) is 116 Å². The maximum atomic E-state index is 12.2. The summed E-state index contributed by atoms with van der Waals surface area (Å²) in [5, 5.41) is 0. The number of amides is 1. The summed E-state index contributed by atoms with van der Waals surface area (Å²) in [5.74, 6) is 0.338. The molecule has 0 spiro atoms. The van der Waals surface area contributed by atoms with Crippen LogP contribution in [0.25, 0.3) is 0 Å². The second-order valence-electron chi connectivity index (χ2n) is 8.86. The monoisotopic (exact) mass is 443 g/mol. The average Bonchev–Trinajstić information content (AvgIpc) is 2.76. The van der Waals surface area contributed by atoms with E-state index < -0.39 is 0 Å². The van der Waals surface area contributed by atoms with Crippen LogP contribution >= 0.6 is 11.6 Å². The molecule has 5 heteroatoms. The molecule has 0 aromatic rings. The van der Waals surface area contributed by atoms with E-state index in [1.165, 1.54) is 77.0 Å². The number of carbonyl (C=O) groups is 2. The van der Waals surface area contributed by atoms with Gasteiger partial charge in [-0.3, -0.25) is 9.59 Å². The number of carbonyl (C=O) groups excluding carboxylic acids is 2. The van der Waals surface area contributed by atoms with Gasteiger partial charge in [0.25, 0.3) is 0 Å². The number of esters is 1. The van der Waals surface area contributed by atoms with E-state index in [0.29, 0.717) is 44.8 Å². The number of rotatable bonds is 18. The van der Waals surface area contributed by atoms with E-state index in [-0.39, 0.29) is 17.8 Å². The van der Waals surface area contributed by atoms with E-state index in [1.807, 2.05) is 4.90 Å². The number of likely N-dealkylation sites (tertiary alicyclic amines) is 1. The Morgan fingerprint density at radius 1 is 0.800 bits per heavy atom. The molecule has 0 N–H and O–H groups in total. The lowest BCUT2D eigenvalue weighted by Gasteiger charge is -2.30. The van der Waals surface area contributed by atoms with Gasteiger partial charge in [0.1, 0.15) is 0 Å². The zero-order valence-electron chi connectivity index (χ0n) is 19.5. The lowest BCUT2D eigenvalue weighted by Crippen LogP contribution is -2.40. The molecule has 176 valence electrons. The van der Waals surface area contributed by atoms with Crippen molar-refractivity contribution in [1.82, 2.24) is 4.90 Å². The molecule has 30 heavy (non-hydrogen) atoms. The van der Waals surface area contributed by atoms with E-state index in [2.05, 4.69) is 6.92 Å². The maximum Gasteiger partial charge on any atom is 0.309 e.